The molecule has 94 valence electrons. The van der Waals surface area contributed by atoms with E-state index in [0.29, 0.717) is 6.54 Å². The van der Waals surface area contributed by atoms with Crippen molar-refractivity contribution >= 4 is 0 Å². The van der Waals surface area contributed by atoms with E-state index < -0.39 is 5.60 Å². The molecule has 2 rings (SSSR count). The van der Waals surface area contributed by atoms with Gasteiger partial charge in [0.1, 0.15) is 11.9 Å². The fourth-order valence-corrected chi connectivity index (χ4v) is 2.19. The number of aliphatic hydroxyl groups is 1. The number of nitrogens with zero attached hydrogens (tertiary/aromatic N) is 2. The number of pyridine rings is 1. The molecule has 0 saturated carbocycles. The highest BCUT2D eigenvalue weighted by Gasteiger charge is 2.27. The van der Waals surface area contributed by atoms with Gasteiger partial charge in [0.2, 0.25) is 0 Å². The van der Waals surface area contributed by atoms with Crippen molar-refractivity contribution in [3.63, 3.8) is 0 Å². The van der Waals surface area contributed by atoms with E-state index >= 15 is 0 Å². The van der Waals surface area contributed by atoms with E-state index in [1.807, 2.05) is 26.0 Å². The number of hydrogen-bond donors (Lipinski definition) is 1. The summed E-state index contributed by atoms with van der Waals surface area (Å²) in [7, 11) is 0. The summed E-state index contributed by atoms with van der Waals surface area (Å²) in [5, 5.41) is 9.76. The summed E-state index contributed by atoms with van der Waals surface area (Å²) in [6.07, 6.45) is 4.69. The Balaban J connectivity index is 1.82. The number of likely N-dealkylation sites (tertiary alicyclic amines) is 1. The zero-order valence-corrected chi connectivity index (χ0v) is 10.5. The first-order valence-electron chi connectivity index (χ1n) is 6.04. The van der Waals surface area contributed by atoms with Crippen molar-refractivity contribution in [2.24, 2.45) is 0 Å². The van der Waals surface area contributed by atoms with Crippen molar-refractivity contribution in [3.05, 3.63) is 24.5 Å². The molecular weight excluding hydrogens is 216 g/mol. The molecule has 1 N–H and O–H groups in total. The van der Waals surface area contributed by atoms with Gasteiger partial charge in [0.05, 0.1) is 11.8 Å². The van der Waals surface area contributed by atoms with Gasteiger partial charge >= 0.3 is 0 Å². The molecule has 1 aromatic heterocycles. The smallest absolute Gasteiger partial charge is 0.138 e. The number of ether oxygens (including phenoxy) is 1. The summed E-state index contributed by atoms with van der Waals surface area (Å²) in [4.78, 5) is 6.26. The van der Waals surface area contributed by atoms with Crippen LogP contribution in [-0.2, 0) is 0 Å². The molecule has 1 aliphatic rings. The maximum atomic E-state index is 9.76. The second-order valence-corrected chi connectivity index (χ2v) is 5.26. The molecule has 1 atom stereocenters. The topological polar surface area (TPSA) is 45.6 Å². The van der Waals surface area contributed by atoms with Crippen molar-refractivity contribution in [1.29, 1.82) is 0 Å². The van der Waals surface area contributed by atoms with Crippen LogP contribution in [0, 0.1) is 0 Å². The van der Waals surface area contributed by atoms with Crippen LogP contribution in [0.15, 0.2) is 24.5 Å². The molecule has 0 aromatic carbocycles. The first-order valence-corrected chi connectivity index (χ1v) is 6.04. The maximum Gasteiger partial charge on any atom is 0.138 e. The average molecular weight is 236 g/mol. The van der Waals surface area contributed by atoms with E-state index in [9.17, 15) is 5.11 Å². The third kappa shape index (κ3) is 3.98. The van der Waals surface area contributed by atoms with Crippen LogP contribution in [0.25, 0.3) is 0 Å². The lowest BCUT2D eigenvalue weighted by molar-refractivity contribution is 0.0407. The van der Waals surface area contributed by atoms with Gasteiger partial charge in [-0.05, 0) is 32.4 Å². The SMILES string of the molecule is CC(C)(O)CN1CCC(Oc2cccnc2)C1. The van der Waals surface area contributed by atoms with E-state index in [-0.39, 0.29) is 6.10 Å². The Labute approximate surface area is 102 Å². The van der Waals surface area contributed by atoms with Crippen molar-refractivity contribution in [2.75, 3.05) is 19.6 Å². The predicted molar refractivity (Wildman–Crippen MR) is 66.0 cm³/mol. The van der Waals surface area contributed by atoms with Crippen LogP contribution in [0.2, 0.25) is 0 Å². The fourth-order valence-electron chi connectivity index (χ4n) is 2.19. The molecule has 0 aliphatic carbocycles. The van der Waals surface area contributed by atoms with Gasteiger partial charge < -0.3 is 9.84 Å². The minimum Gasteiger partial charge on any atom is -0.487 e. The van der Waals surface area contributed by atoms with Gasteiger partial charge in [0.15, 0.2) is 0 Å². The summed E-state index contributed by atoms with van der Waals surface area (Å²) in [5.41, 5.74) is -0.636. The number of hydrogen-bond acceptors (Lipinski definition) is 4. The normalized spacial score (nSPS) is 21.7. The average Bonchev–Trinajstić information content (AvgIpc) is 2.64. The summed E-state index contributed by atoms with van der Waals surface area (Å²) < 4.78 is 5.83. The lowest BCUT2D eigenvalue weighted by Crippen LogP contribution is -2.38. The molecule has 1 aliphatic heterocycles. The Bertz CT molecular complexity index is 348. The molecule has 0 radical (unpaired) electrons. The van der Waals surface area contributed by atoms with Crippen LogP contribution >= 0.6 is 0 Å². The monoisotopic (exact) mass is 236 g/mol. The second-order valence-electron chi connectivity index (χ2n) is 5.26. The standard InChI is InChI=1S/C13H20N2O2/c1-13(2,16)10-15-7-5-12(9-15)17-11-4-3-6-14-8-11/h3-4,6,8,12,16H,5,7,9-10H2,1-2H3. The summed E-state index contributed by atoms with van der Waals surface area (Å²) in [5.74, 6) is 0.822. The molecule has 17 heavy (non-hydrogen) atoms. The summed E-state index contributed by atoms with van der Waals surface area (Å²) >= 11 is 0. The molecule has 1 unspecified atom stereocenters. The second kappa shape index (κ2) is 5.02. The summed E-state index contributed by atoms with van der Waals surface area (Å²) in [6.45, 7) is 6.22. The molecule has 0 amide bonds. The van der Waals surface area contributed by atoms with Gasteiger partial charge in [-0.15, -0.1) is 0 Å². The highest BCUT2D eigenvalue weighted by molar-refractivity contribution is 5.16. The van der Waals surface area contributed by atoms with E-state index in [4.69, 9.17) is 4.74 Å². The van der Waals surface area contributed by atoms with Crippen molar-refractivity contribution < 1.29 is 9.84 Å². The van der Waals surface area contributed by atoms with Crippen LogP contribution in [0.1, 0.15) is 20.3 Å². The van der Waals surface area contributed by atoms with Gasteiger partial charge in [-0.2, -0.15) is 0 Å². The van der Waals surface area contributed by atoms with Crippen LogP contribution in [0.4, 0.5) is 0 Å². The van der Waals surface area contributed by atoms with Crippen LogP contribution in [0.5, 0.6) is 5.75 Å². The molecule has 1 saturated heterocycles. The van der Waals surface area contributed by atoms with Gasteiger partial charge in [-0.3, -0.25) is 9.88 Å². The molecule has 1 fully saturated rings. The molecule has 0 spiro atoms. The van der Waals surface area contributed by atoms with Gasteiger partial charge in [-0.25, -0.2) is 0 Å². The quantitative estimate of drug-likeness (QED) is 0.856. The largest absolute Gasteiger partial charge is 0.487 e. The zero-order chi connectivity index (χ0) is 12.3. The van der Waals surface area contributed by atoms with Crippen molar-refractivity contribution in [1.82, 2.24) is 9.88 Å². The lowest BCUT2D eigenvalue weighted by Gasteiger charge is -2.25. The third-order valence-electron chi connectivity index (χ3n) is 2.78. The maximum absolute atomic E-state index is 9.76. The Morgan fingerprint density at radius 3 is 3.06 bits per heavy atom. The molecule has 1 aromatic rings. The number of β-amino-alcohol motifs (C(OH)–C–C–N with tert-alkyl or cyclic N) is 1. The first-order chi connectivity index (χ1) is 8.03. The van der Waals surface area contributed by atoms with Crippen LogP contribution < -0.4 is 4.74 Å². The molecule has 0 bridgehead atoms. The van der Waals surface area contributed by atoms with E-state index in [1.165, 1.54) is 0 Å². The van der Waals surface area contributed by atoms with E-state index in [2.05, 4.69) is 9.88 Å². The van der Waals surface area contributed by atoms with Crippen molar-refractivity contribution in [3.8, 4) is 5.75 Å². The Kier molecular flexibility index (Phi) is 3.64. The Morgan fingerprint density at radius 1 is 1.59 bits per heavy atom. The van der Waals surface area contributed by atoms with Crippen molar-refractivity contribution in [2.45, 2.75) is 32.0 Å². The fraction of sp³-hybridized carbons (Fsp3) is 0.615. The number of rotatable bonds is 4. The van der Waals surface area contributed by atoms with Gasteiger partial charge in [-0.1, -0.05) is 0 Å². The summed E-state index contributed by atoms with van der Waals surface area (Å²) in [6, 6.07) is 3.80. The van der Waals surface area contributed by atoms with Crippen LogP contribution in [-0.4, -0.2) is 46.3 Å². The Morgan fingerprint density at radius 2 is 2.41 bits per heavy atom. The predicted octanol–water partition coefficient (Wildman–Crippen LogP) is 1.31. The highest BCUT2D eigenvalue weighted by Crippen LogP contribution is 2.18. The lowest BCUT2D eigenvalue weighted by atomic mass is 10.1. The molecule has 2 heterocycles. The molecule has 4 heteroatoms. The Hall–Kier alpha value is -1.13. The number of aromatic nitrogens is 1. The third-order valence-corrected chi connectivity index (χ3v) is 2.78. The van der Waals surface area contributed by atoms with E-state index in [1.54, 1.807) is 12.4 Å². The zero-order valence-electron chi connectivity index (χ0n) is 10.5. The van der Waals surface area contributed by atoms with Gasteiger partial charge in [0, 0.05) is 25.8 Å². The van der Waals surface area contributed by atoms with Crippen LogP contribution in [0.3, 0.4) is 0 Å². The molecule has 4 nitrogen and oxygen atoms in total. The first kappa shape index (κ1) is 12.3. The van der Waals surface area contributed by atoms with E-state index in [0.717, 1.165) is 25.3 Å². The highest BCUT2D eigenvalue weighted by atomic mass is 16.5. The minimum atomic E-state index is -0.636. The van der Waals surface area contributed by atoms with Gasteiger partial charge in [0.25, 0.3) is 0 Å². The molecular formula is C13H20N2O2. The minimum absolute atomic E-state index is 0.210.